The normalized spacial score (nSPS) is 18.2. The van der Waals surface area contributed by atoms with Crippen molar-refractivity contribution in [3.63, 3.8) is 0 Å². The average molecular weight is 616 g/mol. The van der Waals surface area contributed by atoms with Crippen LogP contribution in [0.25, 0.3) is 0 Å². The van der Waals surface area contributed by atoms with E-state index in [0.717, 1.165) is 29.3 Å². The van der Waals surface area contributed by atoms with Gasteiger partial charge in [-0.3, -0.25) is 34.0 Å². The van der Waals surface area contributed by atoms with E-state index in [0.29, 0.717) is 11.4 Å². The maximum Gasteiger partial charge on any atom is 0.352 e. The Labute approximate surface area is 248 Å². The average Bonchev–Trinajstić information content (AvgIpc) is 2.96. The number of aromatic amines is 1. The molecule has 1 aromatic carbocycles. The van der Waals surface area contributed by atoms with Crippen molar-refractivity contribution < 1.29 is 38.9 Å². The lowest BCUT2D eigenvalue weighted by Gasteiger charge is -2.49. The molecule has 1 fully saturated rings. The fraction of sp³-hybridized carbons (Fsp3) is 0.346. The fourth-order valence-corrected chi connectivity index (χ4v) is 5.89. The van der Waals surface area contributed by atoms with Gasteiger partial charge in [-0.25, -0.2) is 14.6 Å². The molecule has 0 bridgehead atoms. The number of phenols is 1. The van der Waals surface area contributed by atoms with Gasteiger partial charge in [0.2, 0.25) is 11.9 Å². The summed E-state index contributed by atoms with van der Waals surface area (Å²) >= 11 is 1.15. The number of carboxylic acids is 1. The highest BCUT2D eigenvalue weighted by Crippen LogP contribution is 2.41. The molecule has 0 saturated carbocycles. The van der Waals surface area contributed by atoms with Crippen molar-refractivity contribution >= 4 is 53.2 Å². The van der Waals surface area contributed by atoms with Gasteiger partial charge in [0, 0.05) is 24.8 Å². The van der Waals surface area contributed by atoms with E-state index in [2.05, 4.69) is 20.6 Å². The quantitative estimate of drug-likeness (QED) is 0.147. The zero-order valence-corrected chi connectivity index (χ0v) is 23.8. The fourth-order valence-electron chi connectivity index (χ4n) is 4.57. The molecule has 17 heteroatoms. The number of aliphatic carboxylic acids is 1. The smallest absolute Gasteiger partial charge is 0.352 e. The van der Waals surface area contributed by atoms with Crippen LogP contribution in [0.1, 0.15) is 31.9 Å². The van der Waals surface area contributed by atoms with Crippen LogP contribution in [0.4, 0.5) is 16.4 Å². The highest BCUT2D eigenvalue weighted by Gasteiger charge is 2.55. The first-order valence-electron chi connectivity index (χ1n) is 13.0. The van der Waals surface area contributed by atoms with Crippen LogP contribution in [0.2, 0.25) is 0 Å². The Morgan fingerprint density at radius 3 is 2.53 bits per heavy atom. The van der Waals surface area contributed by atoms with E-state index in [1.165, 1.54) is 31.2 Å². The number of carbonyl (C=O) groups excluding carboxylic acids is 4. The molecular weight excluding hydrogens is 586 g/mol. The number of H-pyrrole nitrogens is 1. The number of esters is 1. The number of fused-ring (bicyclic) bond motifs is 1. The zero-order valence-electron chi connectivity index (χ0n) is 23.0. The molecule has 0 radical (unpaired) electrons. The van der Waals surface area contributed by atoms with E-state index in [4.69, 9.17) is 10.5 Å². The number of nitrogens with one attached hydrogen (secondary N) is 3. The van der Waals surface area contributed by atoms with Crippen molar-refractivity contribution in [2.24, 2.45) is 5.73 Å². The Balaban J connectivity index is 1.66. The number of phenolic OH excluding ortho intramolecular Hbond substituents is 1. The lowest BCUT2D eigenvalue weighted by atomic mass is 10.00. The molecule has 43 heavy (non-hydrogen) atoms. The van der Waals surface area contributed by atoms with Crippen LogP contribution in [0.3, 0.4) is 0 Å². The number of thioether (sulfide) groups is 1. The number of nitrogens with zero attached hydrogens (tertiary/aromatic N) is 3. The molecule has 16 nitrogen and oxygen atoms in total. The highest BCUT2D eigenvalue weighted by molar-refractivity contribution is 8.00. The van der Waals surface area contributed by atoms with E-state index in [9.17, 15) is 39.0 Å². The summed E-state index contributed by atoms with van der Waals surface area (Å²) in [6, 6.07) is 1.22. The van der Waals surface area contributed by atoms with E-state index < -0.39 is 52.8 Å². The topological polar surface area (TPSA) is 237 Å². The van der Waals surface area contributed by atoms with E-state index in [1.54, 1.807) is 0 Å². The van der Waals surface area contributed by atoms with Crippen LogP contribution < -0.4 is 26.8 Å². The largest absolute Gasteiger partial charge is 0.508 e. The molecule has 2 aliphatic rings. The Hall–Kier alpha value is -5.06. The number of primary amides is 1. The van der Waals surface area contributed by atoms with Crippen molar-refractivity contribution in [2.45, 2.75) is 37.7 Å². The number of carboxylic acid groups (broad SMARTS) is 1. The summed E-state index contributed by atoms with van der Waals surface area (Å²) in [6.45, 7) is 3.27. The van der Waals surface area contributed by atoms with Gasteiger partial charge in [-0.15, -0.1) is 11.8 Å². The number of anilines is 2. The van der Waals surface area contributed by atoms with Crippen LogP contribution >= 0.6 is 11.8 Å². The minimum atomic E-state index is -1.60. The molecule has 2 aliphatic heterocycles. The minimum Gasteiger partial charge on any atom is -0.508 e. The number of hydrogen-bond acceptors (Lipinski definition) is 11. The van der Waals surface area contributed by atoms with E-state index in [-0.39, 0.29) is 46.6 Å². The molecule has 4 rings (SSSR count). The number of nitrogens with two attached hydrogens (primary N) is 1. The molecular formula is C26H29N7O9S. The first-order valence-corrected chi connectivity index (χ1v) is 14.0. The second kappa shape index (κ2) is 12.8. The van der Waals surface area contributed by atoms with Crippen molar-refractivity contribution in [1.29, 1.82) is 0 Å². The summed E-state index contributed by atoms with van der Waals surface area (Å²) in [6.07, 6.45) is 1.82. The summed E-state index contributed by atoms with van der Waals surface area (Å²) in [5, 5.41) is 24.2. The number of ether oxygens (including phenoxy) is 1. The Morgan fingerprint density at radius 1 is 1.26 bits per heavy atom. The van der Waals surface area contributed by atoms with Gasteiger partial charge in [0.1, 0.15) is 41.2 Å². The lowest BCUT2D eigenvalue weighted by Crippen LogP contribution is -2.71. The number of amides is 4. The SMILES string of the molecule is CCCNc1ncc(N(C(N)=O)C(C(=O)NC2C(=O)N3C(C(=O)O)=C(COC(C)=O)CS[C@H]23)c2ccc(O)cc2)c(=O)[nH]1. The number of rotatable bonds is 11. The monoisotopic (exact) mass is 615 g/mol. The number of β-lactam (4-membered cyclic amide) rings is 1. The van der Waals surface area contributed by atoms with Crippen molar-refractivity contribution in [3.8, 4) is 5.75 Å². The van der Waals surface area contributed by atoms with E-state index in [1.807, 2.05) is 6.92 Å². The van der Waals surface area contributed by atoms with Crippen LogP contribution in [-0.4, -0.2) is 85.2 Å². The van der Waals surface area contributed by atoms with Gasteiger partial charge in [0.15, 0.2) is 0 Å². The summed E-state index contributed by atoms with van der Waals surface area (Å²) in [5.74, 6) is -3.59. The number of urea groups is 1. The number of benzene rings is 1. The number of hydrogen-bond donors (Lipinski definition) is 6. The Kier molecular flexibility index (Phi) is 9.23. The third-order valence-corrected chi connectivity index (χ3v) is 7.87. The molecule has 2 aromatic rings. The predicted molar refractivity (Wildman–Crippen MR) is 153 cm³/mol. The second-order valence-electron chi connectivity index (χ2n) is 9.51. The van der Waals surface area contributed by atoms with Crippen molar-refractivity contribution in [2.75, 3.05) is 29.1 Å². The van der Waals surface area contributed by atoms with Gasteiger partial charge in [-0.05, 0) is 24.1 Å². The molecule has 1 saturated heterocycles. The molecule has 3 atom stereocenters. The minimum absolute atomic E-state index is 0.101. The van der Waals surface area contributed by atoms with Gasteiger partial charge in [0.05, 0.1) is 6.20 Å². The summed E-state index contributed by atoms with van der Waals surface area (Å²) in [4.78, 5) is 84.3. The van der Waals surface area contributed by atoms with Crippen molar-refractivity contribution in [1.82, 2.24) is 20.2 Å². The second-order valence-corrected chi connectivity index (χ2v) is 10.6. The van der Waals surface area contributed by atoms with Crippen LogP contribution in [0.15, 0.2) is 46.5 Å². The molecule has 228 valence electrons. The van der Waals surface area contributed by atoms with Gasteiger partial charge < -0.3 is 31.3 Å². The molecule has 1 aromatic heterocycles. The summed E-state index contributed by atoms with van der Waals surface area (Å²) < 4.78 is 4.93. The van der Waals surface area contributed by atoms with Gasteiger partial charge in [-0.1, -0.05) is 19.1 Å². The number of aromatic nitrogens is 2. The molecule has 0 aliphatic carbocycles. The lowest BCUT2D eigenvalue weighted by molar-refractivity contribution is -0.151. The third-order valence-electron chi connectivity index (χ3n) is 6.53. The van der Waals surface area contributed by atoms with Gasteiger partial charge in [-0.2, -0.15) is 0 Å². The standard InChI is InChI=1S/C26H29N7O9S/c1-3-8-28-26-29-9-16(20(36)31-26)32(25(27)41)18(13-4-6-15(35)7-5-13)21(37)30-17-22(38)33-19(24(39)40)14(10-42-12(2)34)11-43-23(17)33/h4-7,9,17-18,23,35H,3,8,10-11H2,1-2H3,(H2,27,41)(H,30,37)(H,39,40)(H2,28,29,31,36)/t17?,18?,23-/m1/s1. The zero-order chi connectivity index (χ0) is 31.4. The highest BCUT2D eigenvalue weighted by atomic mass is 32.2. The van der Waals surface area contributed by atoms with Crippen LogP contribution in [0.5, 0.6) is 5.75 Å². The molecule has 0 spiro atoms. The van der Waals surface area contributed by atoms with Crippen LogP contribution in [-0.2, 0) is 23.9 Å². The first kappa shape index (κ1) is 30.9. The summed E-state index contributed by atoms with van der Waals surface area (Å²) in [5.41, 5.74) is 4.53. The van der Waals surface area contributed by atoms with Gasteiger partial charge >= 0.3 is 18.0 Å². The number of aromatic hydroxyl groups is 1. The molecule has 4 amide bonds. The first-order chi connectivity index (χ1) is 20.4. The third kappa shape index (κ3) is 6.40. The van der Waals surface area contributed by atoms with E-state index >= 15 is 0 Å². The number of carbonyl (C=O) groups is 5. The maximum atomic E-state index is 13.8. The van der Waals surface area contributed by atoms with Crippen molar-refractivity contribution in [3.05, 3.63) is 57.6 Å². The maximum absolute atomic E-state index is 13.8. The molecule has 7 N–H and O–H groups in total. The molecule has 2 unspecified atom stereocenters. The summed E-state index contributed by atoms with van der Waals surface area (Å²) in [7, 11) is 0. The molecule has 3 heterocycles. The Bertz CT molecular complexity index is 1540. The van der Waals surface area contributed by atoms with Gasteiger partial charge in [0.25, 0.3) is 11.5 Å². The van der Waals surface area contributed by atoms with Crippen LogP contribution in [0, 0.1) is 0 Å². The predicted octanol–water partition coefficient (Wildman–Crippen LogP) is 0.226. The Morgan fingerprint density at radius 2 is 1.95 bits per heavy atom.